The van der Waals surface area contributed by atoms with Gasteiger partial charge >= 0.3 is 0 Å². The first-order valence-corrected chi connectivity index (χ1v) is 3.05. The number of aliphatic hydroxyl groups is 1. The van der Waals surface area contributed by atoms with Crippen molar-refractivity contribution in [2.75, 3.05) is 6.61 Å². The van der Waals surface area contributed by atoms with Crippen molar-refractivity contribution in [2.24, 2.45) is 11.1 Å². The van der Waals surface area contributed by atoms with Gasteiger partial charge in [0.15, 0.2) is 0 Å². The zero-order valence-electron chi connectivity index (χ0n) is 5.22. The standard InChI is InChI=1S/C6H13NO/c1-6(2-3-6)5(7)4-8/h5,8H,2-4,7H2,1H3/t5-/m1/s1. The Labute approximate surface area is 49.7 Å². The molecule has 0 aromatic heterocycles. The van der Waals surface area contributed by atoms with Crippen molar-refractivity contribution in [3.63, 3.8) is 0 Å². The molecule has 2 nitrogen and oxygen atoms in total. The molecule has 0 radical (unpaired) electrons. The molecule has 0 unspecified atom stereocenters. The summed E-state index contributed by atoms with van der Waals surface area (Å²) in [6.45, 7) is 2.25. The lowest BCUT2D eigenvalue weighted by Crippen LogP contribution is -2.33. The van der Waals surface area contributed by atoms with E-state index in [9.17, 15) is 0 Å². The molecule has 0 saturated heterocycles. The number of aliphatic hydroxyl groups excluding tert-OH is 1. The Morgan fingerprint density at radius 3 is 2.38 bits per heavy atom. The van der Waals surface area contributed by atoms with Crippen LogP contribution in [0.3, 0.4) is 0 Å². The van der Waals surface area contributed by atoms with Crippen molar-refractivity contribution in [3.05, 3.63) is 0 Å². The van der Waals surface area contributed by atoms with Gasteiger partial charge in [-0.2, -0.15) is 0 Å². The smallest absolute Gasteiger partial charge is 0.0587 e. The van der Waals surface area contributed by atoms with Gasteiger partial charge in [-0.05, 0) is 18.3 Å². The Kier molecular flexibility index (Phi) is 1.29. The fraction of sp³-hybridized carbons (Fsp3) is 1.00. The highest BCUT2D eigenvalue weighted by molar-refractivity contribution is 4.96. The molecule has 1 saturated carbocycles. The van der Waals surface area contributed by atoms with Crippen molar-refractivity contribution in [1.29, 1.82) is 0 Å². The Hall–Kier alpha value is -0.0800. The number of hydrogen-bond acceptors (Lipinski definition) is 2. The Bertz CT molecular complexity index is 88.5. The molecule has 1 aliphatic rings. The van der Waals surface area contributed by atoms with Gasteiger partial charge in [-0.25, -0.2) is 0 Å². The van der Waals surface area contributed by atoms with Crippen LogP contribution >= 0.6 is 0 Å². The van der Waals surface area contributed by atoms with Gasteiger partial charge in [0.05, 0.1) is 6.61 Å². The molecule has 1 atom stereocenters. The zero-order valence-corrected chi connectivity index (χ0v) is 5.22. The molecular weight excluding hydrogens is 102 g/mol. The normalized spacial score (nSPS) is 27.4. The summed E-state index contributed by atoms with van der Waals surface area (Å²) < 4.78 is 0. The lowest BCUT2D eigenvalue weighted by molar-refractivity contribution is 0.224. The monoisotopic (exact) mass is 115 g/mol. The average molecular weight is 115 g/mol. The van der Waals surface area contributed by atoms with Gasteiger partial charge in [0.25, 0.3) is 0 Å². The second-order valence-corrected chi connectivity index (χ2v) is 2.94. The topological polar surface area (TPSA) is 46.2 Å². The van der Waals surface area contributed by atoms with E-state index < -0.39 is 0 Å². The van der Waals surface area contributed by atoms with Crippen LogP contribution in [0.15, 0.2) is 0 Å². The minimum absolute atomic E-state index is 0.0162. The fourth-order valence-electron chi connectivity index (χ4n) is 0.788. The molecule has 0 aromatic rings. The van der Waals surface area contributed by atoms with Crippen LogP contribution in [0.25, 0.3) is 0 Å². The van der Waals surface area contributed by atoms with Crippen molar-refractivity contribution < 1.29 is 5.11 Å². The van der Waals surface area contributed by atoms with Crippen LogP contribution in [-0.4, -0.2) is 17.8 Å². The van der Waals surface area contributed by atoms with Gasteiger partial charge in [-0.15, -0.1) is 0 Å². The van der Waals surface area contributed by atoms with Crippen molar-refractivity contribution in [1.82, 2.24) is 0 Å². The molecule has 0 aromatic carbocycles. The summed E-state index contributed by atoms with van der Waals surface area (Å²) in [5.74, 6) is 0. The maximum Gasteiger partial charge on any atom is 0.0587 e. The van der Waals surface area contributed by atoms with Crippen LogP contribution in [0.4, 0.5) is 0 Å². The van der Waals surface area contributed by atoms with E-state index in [2.05, 4.69) is 6.92 Å². The summed E-state index contributed by atoms with van der Waals surface area (Å²) in [6, 6.07) is 0.0162. The van der Waals surface area contributed by atoms with E-state index in [1.54, 1.807) is 0 Å². The summed E-state index contributed by atoms with van der Waals surface area (Å²) >= 11 is 0. The highest BCUT2D eigenvalue weighted by atomic mass is 16.3. The number of hydrogen-bond donors (Lipinski definition) is 2. The van der Waals surface area contributed by atoms with Gasteiger partial charge in [-0.3, -0.25) is 0 Å². The van der Waals surface area contributed by atoms with Gasteiger partial charge in [0.1, 0.15) is 0 Å². The molecule has 0 amide bonds. The molecule has 1 rings (SSSR count). The third-order valence-corrected chi connectivity index (χ3v) is 2.13. The zero-order chi connectivity index (χ0) is 6.20. The Balaban J connectivity index is 2.34. The van der Waals surface area contributed by atoms with Crippen molar-refractivity contribution in [3.8, 4) is 0 Å². The van der Waals surface area contributed by atoms with Gasteiger partial charge in [0.2, 0.25) is 0 Å². The summed E-state index contributed by atoms with van der Waals surface area (Å²) in [5, 5.41) is 8.59. The molecule has 0 spiro atoms. The lowest BCUT2D eigenvalue weighted by Gasteiger charge is -2.14. The van der Waals surface area contributed by atoms with E-state index in [4.69, 9.17) is 10.8 Å². The largest absolute Gasteiger partial charge is 0.395 e. The summed E-state index contributed by atoms with van der Waals surface area (Å²) in [5.41, 5.74) is 5.85. The molecular formula is C6H13NO. The molecule has 48 valence electrons. The predicted molar refractivity (Wildman–Crippen MR) is 32.4 cm³/mol. The maximum atomic E-state index is 8.59. The summed E-state index contributed by atoms with van der Waals surface area (Å²) in [6.07, 6.45) is 2.38. The molecule has 3 N–H and O–H groups in total. The molecule has 0 aliphatic heterocycles. The molecule has 0 heterocycles. The van der Waals surface area contributed by atoms with Crippen LogP contribution in [0, 0.1) is 5.41 Å². The SMILES string of the molecule is CC1([C@H](N)CO)CC1. The quantitative estimate of drug-likeness (QED) is 0.536. The van der Waals surface area contributed by atoms with Crippen molar-refractivity contribution in [2.45, 2.75) is 25.8 Å². The highest BCUT2D eigenvalue weighted by Gasteiger charge is 2.42. The Morgan fingerprint density at radius 1 is 1.75 bits per heavy atom. The third-order valence-electron chi connectivity index (χ3n) is 2.13. The van der Waals surface area contributed by atoms with E-state index in [-0.39, 0.29) is 18.1 Å². The first kappa shape index (κ1) is 6.05. The van der Waals surface area contributed by atoms with Crippen LogP contribution < -0.4 is 5.73 Å². The van der Waals surface area contributed by atoms with E-state index in [0.29, 0.717) is 0 Å². The van der Waals surface area contributed by atoms with Crippen LogP contribution in [-0.2, 0) is 0 Å². The minimum atomic E-state index is 0.0162. The molecule has 2 heteroatoms. The average Bonchev–Trinajstić information content (AvgIpc) is 2.47. The highest BCUT2D eigenvalue weighted by Crippen LogP contribution is 2.46. The fourth-order valence-corrected chi connectivity index (χ4v) is 0.788. The number of rotatable bonds is 2. The first-order valence-electron chi connectivity index (χ1n) is 3.05. The lowest BCUT2D eigenvalue weighted by atomic mass is 10.0. The second-order valence-electron chi connectivity index (χ2n) is 2.94. The van der Waals surface area contributed by atoms with Crippen LogP contribution in [0.1, 0.15) is 19.8 Å². The van der Waals surface area contributed by atoms with E-state index >= 15 is 0 Å². The minimum Gasteiger partial charge on any atom is -0.395 e. The molecule has 0 bridgehead atoms. The van der Waals surface area contributed by atoms with Crippen molar-refractivity contribution >= 4 is 0 Å². The molecule has 8 heavy (non-hydrogen) atoms. The van der Waals surface area contributed by atoms with Gasteiger partial charge < -0.3 is 10.8 Å². The third kappa shape index (κ3) is 0.858. The van der Waals surface area contributed by atoms with Crippen LogP contribution in [0.5, 0.6) is 0 Å². The first-order chi connectivity index (χ1) is 3.69. The maximum absolute atomic E-state index is 8.59. The summed E-state index contributed by atoms with van der Waals surface area (Å²) in [4.78, 5) is 0. The molecule has 1 aliphatic carbocycles. The summed E-state index contributed by atoms with van der Waals surface area (Å²) in [7, 11) is 0. The van der Waals surface area contributed by atoms with E-state index in [1.807, 2.05) is 0 Å². The second kappa shape index (κ2) is 1.71. The number of nitrogens with two attached hydrogens (primary N) is 1. The van der Waals surface area contributed by atoms with Gasteiger partial charge in [0, 0.05) is 6.04 Å². The van der Waals surface area contributed by atoms with E-state index in [0.717, 1.165) is 0 Å². The molecule has 1 fully saturated rings. The Morgan fingerprint density at radius 2 is 2.25 bits per heavy atom. The predicted octanol–water partition coefficient (Wildman–Crippen LogP) is 0.106. The van der Waals surface area contributed by atoms with Gasteiger partial charge in [-0.1, -0.05) is 6.92 Å². The van der Waals surface area contributed by atoms with E-state index in [1.165, 1.54) is 12.8 Å². The van der Waals surface area contributed by atoms with Crippen LogP contribution in [0.2, 0.25) is 0 Å².